The van der Waals surface area contributed by atoms with Crippen LogP contribution >= 0.6 is 23.2 Å². The maximum absolute atomic E-state index is 14.9. The van der Waals surface area contributed by atoms with Gasteiger partial charge < -0.3 is 0 Å². The second-order valence-electron chi connectivity index (χ2n) is 9.78. The maximum atomic E-state index is 14.9. The third-order valence-corrected chi connectivity index (χ3v) is 7.34. The van der Waals surface area contributed by atoms with Crippen molar-refractivity contribution >= 4 is 34.7 Å². The topological polar surface area (TPSA) is 44.3 Å². The minimum absolute atomic E-state index is 0.109. The zero-order chi connectivity index (χ0) is 33.8. The average Bonchev–Trinajstić information content (AvgIpc) is 3.24. The molecular weight excluding hydrogens is 686 g/mol. The number of anilines is 2. The number of nitrogens with one attached hydrogen (secondary N) is 1. The van der Waals surface area contributed by atoms with E-state index in [2.05, 4.69) is 15.3 Å². The molecule has 1 aromatic heterocycles. The van der Waals surface area contributed by atoms with Crippen molar-refractivity contribution in [1.82, 2.24) is 15.3 Å². The Morgan fingerprint density at radius 2 is 1.26 bits per heavy atom. The fraction of sp³-hybridized carbons (Fsp3) is 0.214. The van der Waals surface area contributed by atoms with E-state index in [1.807, 2.05) is 0 Å². The van der Waals surface area contributed by atoms with E-state index in [0.29, 0.717) is 22.2 Å². The molecule has 2 heterocycles. The highest BCUT2D eigenvalue weighted by atomic mass is 35.5. The van der Waals surface area contributed by atoms with Crippen molar-refractivity contribution in [3.63, 3.8) is 0 Å². The zero-order valence-corrected chi connectivity index (χ0v) is 24.0. The van der Waals surface area contributed by atoms with Gasteiger partial charge >= 0.3 is 18.5 Å². The van der Waals surface area contributed by atoms with Gasteiger partial charge in [-0.3, -0.25) is 15.3 Å². The molecule has 244 valence electrons. The van der Waals surface area contributed by atoms with Crippen LogP contribution in [0.25, 0.3) is 0 Å². The highest BCUT2D eigenvalue weighted by molar-refractivity contribution is 6.39. The Balaban J connectivity index is 1.82. The van der Waals surface area contributed by atoms with Gasteiger partial charge in [0, 0.05) is 17.7 Å². The van der Waals surface area contributed by atoms with Crippen LogP contribution in [0.3, 0.4) is 0 Å². The van der Waals surface area contributed by atoms with Crippen LogP contribution in [0.1, 0.15) is 39.9 Å². The summed E-state index contributed by atoms with van der Waals surface area (Å²) in [7, 11) is 0. The number of hydrogen-bond donors (Lipinski definition) is 1. The smallest absolute Gasteiger partial charge is 0.288 e. The van der Waals surface area contributed by atoms with Crippen LogP contribution in [0, 0.1) is 11.6 Å². The Morgan fingerprint density at radius 3 is 1.76 bits per heavy atom. The van der Waals surface area contributed by atoms with Crippen molar-refractivity contribution in [3.8, 4) is 0 Å². The summed E-state index contributed by atoms with van der Waals surface area (Å²) in [5.74, 6) is -5.00. The van der Waals surface area contributed by atoms with Crippen LogP contribution in [-0.2, 0) is 31.6 Å². The lowest BCUT2D eigenvalue weighted by molar-refractivity contribution is -0.153. The first-order valence-corrected chi connectivity index (χ1v) is 13.5. The van der Waals surface area contributed by atoms with Crippen molar-refractivity contribution < 1.29 is 48.3 Å². The molecule has 1 aliphatic rings. The van der Waals surface area contributed by atoms with E-state index >= 15 is 0 Å². The number of alkyl halides is 9. The molecule has 5 rings (SSSR count). The summed E-state index contributed by atoms with van der Waals surface area (Å²) in [4.78, 5) is 6.14. The van der Waals surface area contributed by atoms with Gasteiger partial charge in [-0.1, -0.05) is 59.6 Å². The van der Waals surface area contributed by atoms with E-state index in [1.54, 1.807) is 0 Å². The van der Waals surface area contributed by atoms with Gasteiger partial charge in [0.15, 0.2) is 11.5 Å². The summed E-state index contributed by atoms with van der Waals surface area (Å²) >= 11 is 12.5. The highest BCUT2D eigenvalue weighted by Gasteiger charge is 2.51. The molecule has 0 spiro atoms. The van der Waals surface area contributed by atoms with Crippen LogP contribution < -0.4 is 15.3 Å². The number of hydrazine groups is 1. The molecule has 0 radical (unpaired) electrons. The number of hydrogen-bond acceptors (Lipinski definition) is 5. The van der Waals surface area contributed by atoms with Crippen LogP contribution in [0.4, 0.5) is 59.8 Å². The summed E-state index contributed by atoms with van der Waals surface area (Å²) in [5.41, 5.74) is -5.46. The molecule has 0 aliphatic carbocycles. The van der Waals surface area contributed by atoms with E-state index in [1.165, 1.54) is 36.4 Å². The first-order valence-electron chi connectivity index (χ1n) is 12.8. The molecule has 46 heavy (non-hydrogen) atoms. The summed E-state index contributed by atoms with van der Waals surface area (Å²) in [6.07, 6.45) is -18.0. The van der Waals surface area contributed by atoms with E-state index in [9.17, 15) is 48.3 Å². The minimum Gasteiger partial charge on any atom is -0.288 e. The Labute approximate surface area is 262 Å². The fourth-order valence-corrected chi connectivity index (χ4v) is 5.45. The predicted octanol–water partition coefficient (Wildman–Crippen LogP) is 9.35. The molecule has 18 heteroatoms. The quantitative estimate of drug-likeness (QED) is 0.203. The Hall–Kier alpha value is -3.89. The van der Waals surface area contributed by atoms with E-state index in [4.69, 9.17) is 23.2 Å². The van der Waals surface area contributed by atoms with Gasteiger partial charge in [-0.2, -0.15) is 39.5 Å². The number of benzene rings is 3. The van der Waals surface area contributed by atoms with E-state index in [-0.39, 0.29) is 11.1 Å². The molecular formula is C28H16Cl2F11N5. The van der Waals surface area contributed by atoms with Gasteiger partial charge in [-0.25, -0.2) is 18.7 Å². The number of nitrogens with zero attached hydrogens (tertiary/aromatic N) is 4. The number of fused-ring (bicyclic) bond motifs is 1. The van der Waals surface area contributed by atoms with Gasteiger partial charge in [0.25, 0.3) is 0 Å². The van der Waals surface area contributed by atoms with Crippen LogP contribution in [-0.4, -0.2) is 9.97 Å². The first-order chi connectivity index (χ1) is 21.4. The monoisotopic (exact) mass is 701 g/mol. The molecule has 0 amide bonds. The van der Waals surface area contributed by atoms with Crippen LogP contribution in [0.2, 0.25) is 10.0 Å². The maximum Gasteiger partial charge on any atom is 0.451 e. The van der Waals surface area contributed by atoms with Crippen LogP contribution in [0.15, 0.2) is 60.7 Å². The van der Waals surface area contributed by atoms with E-state index < -0.39 is 93.6 Å². The molecule has 1 atom stereocenters. The molecule has 1 unspecified atom stereocenters. The first kappa shape index (κ1) is 33.5. The molecule has 1 N–H and O–H groups in total. The van der Waals surface area contributed by atoms with Crippen molar-refractivity contribution in [1.29, 1.82) is 0 Å². The van der Waals surface area contributed by atoms with Crippen LogP contribution in [0.5, 0.6) is 0 Å². The third kappa shape index (κ3) is 6.51. The van der Waals surface area contributed by atoms with Crippen molar-refractivity contribution in [2.24, 2.45) is 0 Å². The zero-order valence-electron chi connectivity index (χ0n) is 22.5. The Morgan fingerprint density at radius 1 is 0.717 bits per heavy atom. The largest absolute Gasteiger partial charge is 0.451 e. The SMILES string of the molecule is Fc1ccccc1CNC1c2c(nc(C(F)(F)F)nc2C(F)(F)F)N(Cc2ccccc2F)N1c1c(Cl)cc(C(F)(F)F)cc1Cl. The second kappa shape index (κ2) is 12.0. The Bertz CT molecular complexity index is 1750. The van der Waals surface area contributed by atoms with Crippen molar-refractivity contribution in [2.75, 3.05) is 10.0 Å². The highest BCUT2D eigenvalue weighted by Crippen LogP contribution is 2.51. The molecule has 3 aromatic carbocycles. The van der Waals surface area contributed by atoms with Gasteiger partial charge in [0.05, 0.1) is 33.4 Å². The lowest BCUT2D eigenvalue weighted by atomic mass is 10.1. The average molecular weight is 702 g/mol. The van der Waals surface area contributed by atoms with Gasteiger partial charge in [-0.05, 0) is 24.3 Å². The molecule has 0 saturated heterocycles. The molecule has 0 fully saturated rings. The van der Waals surface area contributed by atoms with E-state index in [0.717, 1.165) is 12.1 Å². The Kier molecular flexibility index (Phi) is 8.76. The second-order valence-corrected chi connectivity index (χ2v) is 10.6. The number of halogens is 13. The summed E-state index contributed by atoms with van der Waals surface area (Å²) in [6, 6.07) is 10.5. The molecule has 1 aliphatic heterocycles. The standard InChI is InChI=1S/C28H16Cl2F11N5/c29-16-9-15(26(33,34)35)10-17(30)21(16)46-23(42-11-13-5-1-3-7-18(13)31)20-22(27(36,37)38)43-25(28(39,40)41)44-24(20)45(46)12-14-6-2-4-8-19(14)32/h1-10,23,42H,11-12H2. The van der Waals surface area contributed by atoms with Crippen molar-refractivity contribution in [2.45, 2.75) is 37.8 Å². The summed E-state index contributed by atoms with van der Waals surface area (Å²) in [6.45, 7) is -1.40. The van der Waals surface area contributed by atoms with Gasteiger partial charge in [-0.15, -0.1) is 0 Å². The van der Waals surface area contributed by atoms with Crippen molar-refractivity contribution in [3.05, 3.63) is 116 Å². The van der Waals surface area contributed by atoms with Gasteiger partial charge in [0.1, 0.15) is 17.8 Å². The third-order valence-electron chi connectivity index (χ3n) is 6.77. The fourth-order valence-electron chi connectivity index (χ4n) is 4.79. The lowest BCUT2D eigenvalue weighted by Crippen LogP contribution is -2.45. The van der Waals surface area contributed by atoms with Gasteiger partial charge in [0.2, 0.25) is 5.82 Å². The lowest BCUT2D eigenvalue weighted by Gasteiger charge is -2.37. The number of rotatable bonds is 6. The minimum atomic E-state index is -5.56. The molecule has 0 saturated carbocycles. The summed E-state index contributed by atoms with van der Waals surface area (Å²) in [5, 5.41) is 2.38. The molecule has 4 aromatic rings. The molecule has 5 nitrogen and oxygen atoms in total. The molecule has 0 bridgehead atoms. The summed E-state index contributed by atoms with van der Waals surface area (Å²) < 4.78 is 155. The number of aromatic nitrogens is 2. The predicted molar refractivity (Wildman–Crippen MR) is 145 cm³/mol. The normalized spacial score (nSPS) is 15.5.